The summed E-state index contributed by atoms with van der Waals surface area (Å²) in [6.07, 6.45) is -4.92. The average molecular weight is 369 g/mol. The third kappa shape index (κ3) is 5.07. The van der Waals surface area contributed by atoms with Crippen molar-refractivity contribution in [1.82, 2.24) is 10.6 Å². The molecule has 1 aromatic carbocycles. The van der Waals surface area contributed by atoms with Crippen molar-refractivity contribution >= 4 is 18.3 Å². The van der Waals surface area contributed by atoms with Gasteiger partial charge < -0.3 is 20.5 Å². The molecule has 1 aromatic rings. The standard InChI is InChI=1S/C15H19F3N2O3.ClH/c16-15(17,18)14(22,11-4-2-1-3-5-11)10-20-13(21)8-12-9-23-7-6-19-12;/h1-5,12,19,22H,6-10H2,(H,20,21);1H. The Morgan fingerprint density at radius 2 is 2.00 bits per heavy atom. The number of morpholine rings is 1. The van der Waals surface area contributed by atoms with E-state index in [9.17, 15) is 23.1 Å². The molecule has 0 aromatic heterocycles. The minimum Gasteiger partial charge on any atom is -0.378 e. The molecule has 1 amide bonds. The first-order valence-electron chi connectivity index (χ1n) is 7.25. The normalized spacial score (nSPS) is 20.6. The van der Waals surface area contributed by atoms with Crippen LogP contribution in [0.5, 0.6) is 0 Å². The molecule has 0 radical (unpaired) electrons. The van der Waals surface area contributed by atoms with E-state index >= 15 is 0 Å². The number of halogens is 4. The first-order chi connectivity index (χ1) is 10.8. The molecule has 9 heteroatoms. The first kappa shape index (κ1) is 20.7. The van der Waals surface area contributed by atoms with Gasteiger partial charge in [0.1, 0.15) is 0 Å². The molecule has 0 aliphatic carbocycles. The number of amides is 1. The van der Waals surface area contributed by atoms with Gasteiger partial charge in [-0.1, -0.05) is 30.3 Å². The Kier molecular flexibility index (Phi) is 7.47. The van der Waals surface area contributed by atoms with Crippen molar-refractivity contribution in [1.29, 1.82) is 0 Å². The second-order valence-electron chi connectivity index (χ2n) is 5.43. The number of hydrogen-bond acceptors (Lipinski definition) is 4. The first-order valence-corrected chi connectivity index (χ1v) is 7.25. The molecule has 0 saturated carbocycles. The Labute approximate surface area is 144 Å². The monoisotopic (exact) mass is 368 g/mol. The van der Waals surface area contributed by atoms with Crippen molar-refractivity contribution in [3.63, 3.8) is 0 Å². The summed E-state index contributed by atoms with van der Waals surface area (Å²) >= 11 is 0. The van der Waals surface area contributed by atoms with E-state index in [2.05, 4.69) is 10.6 Å². The molecule has 2 rings (SSSR count). The number of carbonyl (C=O) groups is 1. The summed E-state index contributed by atoms with van der Waals surface area (Å²) in [6.45, 7) is 0.525. The molecular weight excluding hydrogens is 349 g/mol. The van der Waals surface area contributed by atoms with Crippen LogP contribution in [-0.2, 0) is 15.1 Å². The fourth-order valence-electron chi connectivity index (χ4n) is 2.35. The lowest BCUT2D eigenvalue weighted by atomic mass is 9.93. The Hall–Kier alpha value is -1.35. The highest BCUT2D eigenvalue weighted by molar-refractivity contribution is 5.85. The van der Waals surface area contributed by atoms with Crippen molar-refractivity contribution in [2.24, 2.45) is 0 Å². The fraction of sp³-hybridized carbons (Fsp3) is 0.533. The summed E-state index contributed by atoms with van der Waals surface area (Å²) in [4.78, 5) is 11.8. The molecule has 2 unspecified atom stereocenters. The zero-order chi connectivity index (χ0) is 16.9. The van der Waals surface area contributed by atoms with Crippen LogP contribution in [0, 0.1) is 0 Å². The molecule has 1 fully saturated rings. The Balaban J connectivity index is 0.00000288. The van der Waals surface area contributed by atoms with Crippen molar-refractivity contribution in [2.75, 3.05) is 26.3 Å². The lowest BCUT2D eigenvalue weighted by Crippen LogP contribution is -2.52. The molecule has 0 spiro atoms. The molecule has 1 aliphatic heterocycles. The van der Waals surface area contributed by atoms with Gasteiger partial charge >= 0.3 is 6.18 Å². The van der Waals surface area contributed by atoms with Gasteiger partial charge in [-0.05, 0) is 5.56 Å². The average Bonchev–Trinajstić information content (AvgIpc) is 2.53. The predicted molar refractivity (Wildman–Crippen MR) is 83.9 cm³/mol. The van der Waals surface area contributed by atoms with E-state index in [1.807, 2.05) is 0 Å². The molecule has 2 atom stereocenters. The highest BCUT2D eigenvalue weighted by Crippen LogP contribution is 2.38. The van der Waals surface area contributed by atoms with Gasteiger partial charge in [-0.15, -0.1) is 12.4 Å². The second-order valence-corrected chi connectivity index (χ2v) is 5.43. The quantitative estimate of drug-likeness (QED) is 0.734. The molecule has 5 nitrogen and oxygen atoms in total. The molecule has 1 aliphatic rings. The van der Waals surface area contributed by atoms with E-state index in [0.29, 0.717) is 19.8 Å². The van der Waals surface area contributed by atoms with Crippen LogP contribution in [0.25, 0.3) is 0 Å². The smallest absolute Gasteiger partial charge is 0.378 e. The number of nitrogens with one attached hydrogen (secondary N) is 2. The van der Waals surface area contributed by atoms with Gasteiger partial charge in [0.2, 0.25) is 11.5 Å². The zero-order valence-corrected chi connectivity index (χ0v) is 13.6. The molecule has 136 valence electrons. The number of rotatable bonds is 5. The van der Waals surface area contributed by atoms with Gasteiger partial charge in [-0.3, -0.25) is 4.79 Å². The molecule has 0 bridgehead atoms. The van der Waals surface area contributed by atoms with Crippen LogP contribution < -0.4 is 10.6 Å². The predicted octanol–water partition coefficient (Wildman–Crippen LogP) is 1.35. The second kappa shape index (κ2) is 8.66. The van der Waals surface area contributed by atoms with Gasteiger partial charge in [0.25, 0.3) is 0 Å². The van der Waals surface area contributed by atoms with Crippen LogP contribution in [0.3, 0.4) is 0 Å². The molecule has 3 N–H and O–H groups in total. The number of hydrogen-bond donors (Lipinski definition) is 3. The SMILES string of the molecule is Cl.O=C(CC1COCCN1)NCC(O)(c1ccccc1)C(F)(F)F. The summed E-state index contributed by atoms with van der Waals surface area (Å²) in [5.74, 6) is -0.577. The third-order valence-electron chi connectivity index (χ3n) is 3.69. The van der Waals surface area contributed by atoms with Gasteiger partial charge in [0.05, 0.1) is 19.8 Å². The van der Waals surface area contributed by atoms with Crippen molar-refractivity contribution in [3.8, 4) is 0 Å². The Morgan fingerprint density at radius 3 is 2.54 bits per heavy atom. The largest absolute Gasteiger partial charge is 0.423 e. The van der Waals surface area contributed by atoms with Gasteiger partial charge in [0, 0.05) is 19.0 Å². The molecule has 1 heterocycles. The van der Waals surface area contributed by atoms with Crippen molar-refractivity contribution in [3.05, 3.63) is 35.9 Å². The van der Waals surface area contributed by atoms with E-state index in [1.165, 1.54) is 24.3 Å². The lowest BCUT2D eigenvalue weighted by Gasteiger charge is -2.31. The van der Waals surface area contributed by atoms with E-state index in [-0.39, 0.29) is 30.4 Å². The summed E-state index contributed by atoms with van der Waals surface area (Å²) in [5.41, 5.74) is -3.44. The van der Waals surface area contributed by atoms with Crippen LogP contribution in [-0.4, -0.2) is 49.5 Å². The summed E-state index contributed by atoms with van der Waals surface area (Å²) in [5, 5.41) is 15.3. The van der Waals surface area contributed by atoms with Crippen LogP contribution in [0.15, 0.2) is 30.3 Å². The Bertz CT molecular complexity index is 524. The van der Waals surface area contributed by atoms with Crippen molar-refractivity contribution < 1.29 is 27.8 Å². The molecule has 24 heavy (non-hydrogen) atoms. The summed E-state index contributed by atoms with van der Waals surface area (Å²) in [7, 11) is 0. The number of carbonyl (C=O) groups excluding carboxylic acids is 1. The van der Waals surface area contributed by atoms with Crippen LogP contribution >= 0.6 is 12.4 Å². The molecule has 1 saturated heterocycles. The van der Waals surface area contributed by atoms with Gasteiger partial charge in [-0.25, -0.2) is 0 Å². The highest BCUT2D eigenvalue weighted by Gasteiger charge is 2.55. The topological polar surface area (TPSA) is 70.6 Å². The minimum atomic E-state index is -4.91. The van der Waals surface area contributed by atoms with Gasteiger partial charge in [0.15, 0.2) is 0 Å². The van der Waals surface area contributed by atoms with E-state index in [0.717, 1.165) is 0 Å². The van der Waals surface area contributed by atoms with Crippen molar-refractivity contribution in [2.45, 2.75) is 24.2 Å². The number of aliphatic hydroxyl groups is 1. The number of ether oxygens (including phenoxy) is 1. The maximum Gasteiger partial charge on any atom is 0.423 e. The maximum atomic E-state index is 13.3. The fourth-order valence-corrected chi connectivity index (χ4v) is 2.35. The van der Waals surface area contributed by atoms with Crippen LogP contribution in [0.4, 0.5) is 13.2 Å². The number of benzene rings is 1. The third-order valence-corrected chi connectivity index (χ3v) is 3.69. The van der Waals surface area contributed by atoms with Crippen LogP contribution in [0.1, 0.15) is 12.0 Å². The van der Waals surface area contributed by atoms with E-state index in [4.69, 9.17) is 4.74 Å². The lowest BCUT2D eigenvalue weighted by molar-refractivity contribution is -0.264. The van der Waals surface area contributed by atoms with E-state index < -0.39 is 24.2 Å². The number of alkyl halides is 3. The Morgan fingerprint density at radius 1 is 1.33 bits per heavy atom. The van der Waals surface area contributed by atoms with E-state index in [1.54, 1.807) is 6.07 Å². The summed E-state index contributed by atoms with van der Waals surface area (Å²) in [6, 6.07) is 6.47. The molecular formula is C15H20ClF3N2O3. The van der Waals surface area contributed by atoms with Crippen LogP contribution in [0.2, 0.25) is 0 Å². The highest BCUT2D eigenvalue weighted by atomic mass is 35.5. The maximum absolute atomic E-state index is 13.3. The van der Waals surface area contributed by atoms with Gasteiger partial charge in [-0.2, -0.15) is 13.2 Å². The summed E-state index contributed by atoms with van der Waals surface area (Å²) < 4.78 is 45.0. The minimum absolute atomic E-state index is 0. The zero-order valence-electron chi connectivity index (χ0n) is 12.8.